The minimum Gasteiger partial charge on any atom is -0.319 e. The van der Waals surface area contributed by atoms with Crippen molar-refractivity contribution in [3.63, 3.8) is 0 Å². The van der Waals surface area contributed by atoms with E-state index in [4.69, 9.17) is 0 Å². The molecule has 5 rings (SSSR count). The molecule has 0 spiro atoms. The first-order chi connectivity index (χ1) is 14.3. The average molecular weight is 381 g/mol. The molecule has 0 saturated carbocycles. The highest BCUT2D eigenvalue weighted by molar-refractivity contribution is 6.07. The lowest BCUT2D eigenvalue weighted by Gasteiger charge is -2.29. The van der Waals surface area contributed by atoms with E-state index >= 15 is 0 Å². The number of pyridine rings is 1. The standard InChI is InChI=1S/C23H19N5O/c29-22(26-18-10-3-7-17-8-4-13-24-21(17)18)19-12-14-25-23(27-19)28-15-5-9-16-6-1-2-11-20(16)28/h1-4,6-8,10-14H,5,9,15H2,(H,26,29). The molecule has 1 aliphatic heterocycles. The molecule has 0 aliphatic carbocycles. The second kappa shape index (κ2) is 7.31. The van der Waals surface area contributed by atoms with Crippen LogP contribution in [-0.2, 0) is 6.42 Å². The predicted octanol–water partition coefficient (Wildman–Crippen LogP) is 4.36. The third-order valence-electron chi connectivity index (χ3n) is 5.11. The lowest BCUT2D eigenvalue weighted by atomic mass is 10.0. The number of hydrogen-bond acceptors (Lipinski definition) is 5. The van der Waals surface area contributed by atoms with Gasteiger partial charge in [-0.05, 0) is 42.7 Å². The molecule has 29 heavy (non-hydrogen) atoms. The van der Waals surface area contributed by atoms with Crippen molar-refractivity contribution in [2.45, 2.75) is 12.8 Å². The first-order valence-electron chi connectivity index (χ1n) is 9.63. The van der Waals surface area contributed by atoms with E-state index in [-0.39, 0.29) is 5.91 Å². The number of para-hydroxylation sites is 2. The van der Waals surface area contributed by atoms with Gasteiger partial charge in [-0.3, -0.25) is 9.78 Å². The Kier molecular flexibility index (Phi) is 4.37. The molecule has 6 nitrogen and oxygen atoms in total. The molecule has 6 heteroatoms. The summed E-state index contributed by atoms with van der Waals surface area (Å²) in [6.07, 6.45) is 5.42. The van der Waals surface area contributed by atoms with Crippen molar-refractivity contribution >= 4 is 34.1 Å². The van der Waals surface area contributed by atoms with E-state index in [1.54, 1.807) is 18.5 Å². The lowest BCUT2D eigenvalue weighted by Crippen LogP contribution is -2.27. The van der Waals surface area contributed by atoms with E-state index in [2.05, 4.69) is 37.3 Å². The molecule has 0 bridgehead atoms. The number of carbonyl (C=O) groups excluding carboxylic acids is 1. The Morgan fingerprint density at radius 1 is 0.931 bits per heavy atom. The van der Waals surface area contributed by atoms with Crippen LogP contribution in [0.15, 0.2) is 73.1 Å². The minimum atomic E-state index is -0.280. The zero-order valence-electron chi connectivity index (χ0n) is 15.7. The Morgan fingerprint density at radius 2 is 1.83 bits per heavy atom. The van der Waals surface area contributed by atoms with Gasteiger partial charge in [-0.25, -0.2) is 9.97 Å². The number of amides is 1. The summed E-state index contributed by atoms with van der Waals surface area (Å²) >= 11 is 0. The first-order valence-corrected chi connectivity index (χ1v) is 9.63. The van der Waals surface area contributed by atoms with Gasteiger partial charge in [-0.2, -0.15) is 0 Å². The summed E-state index contributed by atoms with van der Waals surface area (Å²) in [6.45, 7) is 0.829. The zero-order valence-corrected chi connectivity index (χ0v) is 15.7. The Balaban J connectivity index is 1.45. The minimum absolute atomic E-state index is 0.280. The molecule has 1 aliphatic rings. The highest BCUT2D eigenvalue weighted by Crippen LogP contribution is 2.31. The smallest absolute Gasteiger partial charge is 0.274 e. The van der Waals surface area contributed by atoms with Gasteiger partial charge in [0.05, 0.1) is 11.2 Å². The van der Waals surface area contributed by atoms with Crippen LogP contribution in [0.5, 0.6) is 0 Å². The van der Waals surface area contributed by atoms with Crippen LogP contribution in [0.25, 0.3) is 10.9 Å². The normalized spacial score (nSPS) is 13.2. The van der Waals surface area contributed by atoms with Gasteiger partial charge >= 0.3 is 0 Å². The fourth-order valence-corrected chi connectivity index (χ4v) is 3.74. The summed E-state index contributed by atoms with van der Waals surface area (Å²) in [5.74, 6) is 0.262. The van der Waals surface area contributed by atoms with Crippen LogP contribution in [-0.4, -0.2) is 27.4 Å². The molecular weight excluding hydrogens is 362 g/mol. The van der Waals surface area contributed by atoms with E-state index in [0.29, 0.717) is 17.3 Å². The maximum Gasteiger partial charge on any atom is 0.274 e. The summed E-state index contributed by atoms with van der Waals surface area (Å²) in [6, 6.07) is 19.5. The van der Waals surface area contributed by atoms with Crippen molar-refractivity contribution in [3.8, 4) is 0 Å². The van der Waals surface area contributed by atoms with E-state index in [1.165, 1.54) is 5.56 Å². The Labute approximate surface area is 168 Å². The van der Waals surface area contributed by atoms with Gasteiger partial charge < -0.3 is 10.2 Å². The average Bonchev–Trinajstić information content (AvgIpc) is 2.79. The number of aromatic nitrogens is 3. The molecule has 2 aromatic heterocycles. The van der Waals surface area contributed by atoms with Crippen LogP contribution in [0.2, 0.25) is 0 Å². The number of anilines is 3. The number of nitrogens with one attached hydrogen (secondary N) is 1. The van der Waals surface area contributed by atoms with Crippen LogP contribution >= 0.6 is 0 Å². The molecule has 4 aromatic rings. The third-order valence-corrected chi connectivity index (χ3v) is 5.11. The number of nitrogens with zero attached hydrogens (tertiary/aromatic N) is 4. The second-order valence-electron chi connectivity index (χ2n) is 6.96. The second-order valence-corrected chi connectivity index (χ2v) is 6.96. The monoisotopic (exact) mass is 381 g/mol. The fraction of sp³-hybridized carbons (Fsp3) is 0.130. The fourth-order valence-electron chi connectivity index (χ4n) is 3.74. The van der Waals surface area contributed by atoms with E-state index in [1.807, 2.05) is 42.5 Å². The summed E-state index contributed by atoms with van der Waals surface area (Å²) in [5, 5.41) is 3.91. The van der Waals surface area contributed by atoms with Crippen LogP contribution in [0.3, 0.4) is 0 Å². The molecule has 0 radical (unpaired) electrons. The molecule has 2 aromatic carbocycles. The van der Waals surface area contributed by atoms with Gasteiger partial charge in [0.1, 0.15) is 5.69 Å². The molecule has 1 amide bonds. The highest BCUT2D eigenvalue weighted by atomic mass is 16.1. The summed E-state index contributed by atoms with van der Waals surface area (Å²) in [4.78, 5) is 28.3. The van der Waals surface area contributed by atoms with Crippen LogP contribution in [0.1, 0.15) is 22.5 Å². The number of aryl methyl sites for hydroxylation is 1. The van der Waals surface area contributed by atoms with Gasteiger partial charge in [0, 0.05) is 30.0 Å². The van der Waals surface area contributed by atoms with Gasteiger partial charge in [0.2, 0.25) is 5.95 Å². The maximum atomic E-state index is 12.9. The Hall–Kier alpha value is -3.80. The molecule has 0 atom stereocenters. The topological polar surface area (TPSA) is 71.0 Å². The van der Waals surface area contributed by atoms with E-state index in [0.717, 1.165) is 36.0 Å². The van der Waals surface area contributed by atoms with Crippen LogP contribution in [0.4, 0.5) is 17.3 Å². The van der Waals surface area contributed by atoms with Crippen LogP contribution in [0, 0.1) is 0 Å². The third kappa shape index (κ3) is 3.29. The van der Waals surface area contributed by atoms with Gasteiger partial charge in [0.25, 0.3) is 5.91 Å². The summed E-state index contributed by atoms with van der Waals surface area (Å²) < 4.78 is 0. The summed E-state index contributed by atoms with van der Waals surface area (Å²) in [7, 11) is 0. The zero-order chi connectivity index (χ0) is 19.6. The SMILES string of the molecule is O=C(Nc1cccc2cccnc12)c1ccnc(N2CCCc3ccccc32)n1. The number of carbonyl (C=O) groups is 1. The molecule has 1 N–H and O–H groups in total. The predicted molar refractivity (Wildman–Crippen MR) is 113 cm³/mol. The maximum absolute atomic E-state index is 12.9. The van der Waals surface area contributed by atoms with Crippen molar-refractivity contribution in [1.82, 2.24) is 15.0 Å². The number of fused-ring (bicyclic) bond motifs is 2. The van der Waals surface area contributed by atoms with Crippen LogP contribution < -0.4 is 10.2 Å². The van der Waals surface area contributed by atoms with E-state index in [9.17, 15) is 4.79 Å². The van der Waals surface area contributed by atoms with Crippen molar-refractivity contribution in [2.24, 2.45) is 0 Å². The molecule has 142 valence electrons. The highest BCUT2D eigenvalue weighted by Gasteiger charge is 2.21. The molecule has 3 heterocycles. The van der Waals surface area contributed by atoms with Crippen molar-refractivity contribution < 1.29 is 4.79 Å². The molecule has 0 unspecified atom stereocenters. The number of benzene rings is 2. The molecule has 0 saturated heterocycles. The lowest BCUT2D eigenvalue weighted by molar-refractivity contribution is 0.102. The van der Waals surface area contributed by atoms with Crippen molar-refractivity contribution in [2.75, 3.05) is 16.8 Å². The van der Waals surface area contributed by atoms with Crippen molar-refractivity contribution in [1.29, 1.82) is 0 Å². The van der Waals surface area contributed by atoms with Gasteiger partial charge in [0.15, 0.2) is 0 Å². The molecular formula is C23H19N5O. The quantitative estimate of drug-likeness (QED) is 0.571. The Morgan fingerprint density at radius 3 is 2.79 bits per heavy atom. The van der Waals surface area contributed by atoms with E-state index < -0.39 is 0 Å². The van der Waals surface area contributed by atoms with Gasteiger partial charge in [-0.15, -0.1) is 0 Å². The number of hydrogen-bond donors (Lipinski definition) is 1. The van der Waals surface area contributed by atoms with Crippen molar-refractivity contribution in [3.05, 3.63) is 84.3 Å². The largest absolute Gasteiger partial charge is 0.319 e. The number of rotatable bonds is 3. The Bertz CT molecular complexity index is 1200. The van der Waals surface area contributed by atoms with Gasteiger partial charge in [-0.1, -0.05) is 36.4 Å². The summed E-state index contributed by atoms with van der Waals surface area (Å²) in [5.41, 5.74) is 4.12. The molecule has 0 fully saturated rings. The first kappa shape index (κ1) is 17.3.